The van der Waals surface area contributed by atoms with E-state index in [0.29, 0.717) is 5.92 Å². The van der Waals surface area contributed by atoms with Crippen LogP contribution in [0.15, 0.2) is 58.8 Å². The maximum absolute atomic E-state index is 5.60. The Morgan fingerprint density at radius 3 is 3.14 bits per heavy atom. The highest BCUT2D eigenvalue weighted by atomic mass is 16.5. The molecule has 0 amide bonds. The summed E-state index contributed by atoms with van der Waals surface area (Å²) in [5, 5.41) is 5.99. The van der Waals surface area contributed by atoms with Gasteiger partial charge in [-0.1, -0.05) is 30.4 Å². The molecule has 1 aliphatic carbocycles. The summed E-state index contributed by atoms with van der Waals surface area (Å²) in [5.74, 6) is 1.56. The highest BCUT2D eigenvalue weighted by molar-refractivity contribution is 6.05. The number of pyridine rings is 1. The summed E-state index contributed by atoms with van der Waals surface area (Å²) >= 11 is 0. The van der Waals surface area contributed by atoms with Gasteiger partial charge in [0.15, 0.2) is 0 Å². The van der Waals surface area contributed by atoms with Gasteiger partial charge in [0, 0.05) is 36.9 Å². The molecule has 1 N–H and O–H groups in total. The van der Waals surface area contributed by atoms with Crippen molar-refractivity contribution in [2.45, 2.75) is 32.1 Å². The van der Waals surface area contributed by atoms with Crippen molar-refractivity contribution in [2.24, 2.45) is 10.9 Å². The van der Waals surface area contributed by atoms with E-state index in [1.54, 1.807) is 0 Å². The van der Waals surface area contributed by atoms with Crippen molar-refractivity contribution >= 4 is 22.3 Å². The van der Waals surface area contributed by atoms with Crippen molar-refractivity contribution in [1.82, 2.24) is 4.98 Å². The van der Waals surface area contributed by atoms with Gasteiger partial charge in [0.25, 0.3) is 0 Å². The van der Waals surface area contributed by atoms with Crippen LogP contribution >= 0.6 is 0 Å². The molecule has 28 heavy (non-hydrogen) atoms. The van der Waals surface area contributed by atoms with Crippen LogP contribution in [0.1, 0.15) is 31.2 Å². The maximum Gasteiger partial charge on any atom is 0.133 e. The van der Waals surface area contributed by atoms with Crippen LogP contribution in [0, 0.1) is 5.92 Å². The third-order valence-electron chi connectivity index (χ3n) is 6.07. The fourth-order valence-electron chi connectivity index (χ4n) is 4.51. The van der Waals surface area contributed by atoms with Gasteiger partial charge < -0.3 is 10.1 Å². The molecule has 1 unspecified atom stereocenters. The standard InChI is InChI=1S/C24H27N3O/c1-2-6-21-20(5-1)15-26-23(21)13-17-7-8-22-19(12-17)9-10-25-24(22)27-14-18-4-3-11-28-16-18/h1,5,7-10,12,18H,2-4,6,11,13-16H2,(H,25,27). The van der Waals surface area contributed by atoms with Crippen LogP contribution in [-0.2, 0) is 11.2 Å². The Balaban J connectivity index is 1.32. The number of nitrogens with zero attached hydrogens (tertiary/aromatic N) is 2. The SMILES string of the molecule is C1=CC2=C(CC1)C(Cc1ccc3c(NCC4CCCOC4)nccc3c1)=NC2. The summed E-state index contributed by atoms with van der Waals surface area (Å²) in [6, 6.07) is 8.85. The summed E-state index contributed by atoms with van der Waals surface area (Å²) in [7, 11) is 0. The predicted molar refractivity (Wildman–Crippen MR) is 115 cm³/mol. The number of nitrogens with one attached hydrogen (secondary N) is 1. The Hall–Kier alpha value is -2.46. The summed E-state index contributed by atoms with van der Waals surface area (Å²) in [5.41, 5.74) is 5.51. The lowest BCUT2D eigenvalue weighted by Gasteiger charge is -2.22. The second kappa shape index (κ2) is 7.88. The average molecular weight is 374 g/mol. The van der Waals surface area contributed by atoms with Crippen LogP contribution in [0.4, 0.5) is 5.82 Å². The Morgan fingerprint density at radius 1 is 1.21 bits per heavy atom. The molecule has 1 atom stereocenters. The van der Waals surface area contributed by atoms with Crippen LogP contribution in [0.3, 0.4) is 0 Å². The fraction of sp³-hybridized carbons (Fsp3) is 0.417. The molecule has 1 aromatic heterocycles. The van der Waals surface area contributed by atoms with Crippen molar-refractivity contribution in [3.8, 4) is 0 Å². The number of anilines is 1. The van der Waals surface area contributed by atoms with Gasteiger partial charge in [0.1, 0.15) is 5.82 Å². The highest BCUT2D eigenvalue weighted by Gasteiger charge is 2.20. The summed E-state index contributed by atoms with van der Waals surface area (Å²) in [6.45, 7) is 3.55. The molecule has 0 radical (unpaired) electrons. The first kappa shape index (κ1) is 17.6. The Labute approximate surface area is 166 Å². The first-order chi connectivity index (χ1) is 13.9. The number of benzene rings is 1. The largest absolute Gasteiger partial charge is 0.381 e. The van der Waals surface area contributed by atoms with E-state index >= 15 is 0 Å². The van der Waals surface area contributed by atoms with E-state index in [1.165, 1.54) is 39.6 Å². The van der Waals surface area contributed by atoms with E-state index in [9.17, 15) is 0 Å². The van der Waals surface area contributed by atoms with E-state index in [1.807, 2.05) is 6.20 Å². The number of hydrogen-bond donors (Lipinski definition) is 1. The molecule has 3 heterocycles. The fourth-order valence-corrected chi connectivity index (χ4v) is 4.51. The van der Waals surface area contributed by atoms with Crippen molar-refractivity contribution in [3.05, 3.63) is 59.3 Å². The number of rotatable bonds is 5. The predicted octanol–water partition coefficient (Wildman–Crippen LogP) is 4.72. The van der Waals surface area contributed by atoms with E-state index in [4.69, 9.17) is 9.73 Å². The van der Waals surface area contributed by atoms with Gasteiger partial charge in [-0.25, -0.2) is 4.98 Å². The molecule has 1 aromatic carbocycles. The third kappa shape index (κ3) is 3.61. The number of fused-ring (bicyclic) bond motifs is 1. The lowest BCUT2D eigenvalue weighted by Crippen LogP contribution is -2.24. The van der Waals surface area contributed by atoms with Gasteiger partial charge in [-0.3, -0.25) is 4.99 Å². The molecular weight excluding hydrogens is 346 g/mol. The quantitative estimate of drug-likeness (QED) is 0.825. The molecule has 1 fully saturated rings. The second-order valence-corrected chi connectivity index (χ2v) is 8.06. The number of hydrogen-bond acceptors (Lipinski definition) is 4. The maximum atomic E-state index is 5.60. The minimum Gasteiger partial charge on any atom is -0.381 e. The molecule has 144 valence electrons. The first-order valence-electron chi connectivity index (χ1n) is 10.5. The Bertz CT molecular complexity index is 967. The molecule has 0 spiro atoms. The zero-order valence-electron chi connectivity index (χ0n) is 16.3. The number of ether oxygens (including phenoxy) is 1. The van der Waals surface area contributed by atoms with Crippen molar-refractivity contribution in [1.29, 1.82) is 0 Å². The minimum absolute atomic E-state index is 0.581. The summed E-state index contributed by atoms with van der Waals surface area (Å²) in [4.78, 5) is 9.40. The van der Waals surface area contributed by atoms with E-state index in [0.717, 1.165) is 57.8 Å². The summed E-state index contributed by atoms with van der Waals surface area (Å²) in [6.07, 6.45) is 12.0. The molecule has 4 heteroatoms. The van der Waals surface area contributed by atoms with Crippen LogP contribution < -0.4 is 5.32 Å². The monoisotopic (exact) mass is 373 g/mol. The number of aromatic nitrogens is 1. The zero-order chi connectivity index (χ0) is 18.8. The van der Waals surface area contributed by atoms with Gasteiger partial charge in [-0.05, 0) is 59.8 Å². The van der Waals surface area contributed by atoms with Crippen LogP contribution in [-0.4, -0.2) is 37.0 Å². The van der Waals surface area contributed by atoms with Crippen molar-refractivity contribution in [2.75, 3.05) is 31.6 Å². The van der Waals surface area contributed by atoms with Crippen molar-refractivity contribution in [3.63, 3.8) is 0 Å². The molecule has 2 aromatic rings. The van der Waals surface area contributed by atoms with Gasteiger partial charge in [0.05, 0.1) is 13.2 Å². The van der Waals surface area contributed by atoms with Crippen LogP contribution in [0.25, 0.3) is 10.8 Å². The van der Waals surface area contributed by atoms with Gasteiger partial charge in [-0.15, -0.1) is 0 Å². The lowest BCUT2D eigenvalue weighted by atomic mass is 9.92. The van der Waals surface area contributed by atoms with Crippen LogP contribution in [0.2, 0.25) is 0 Å². The second-order valence-electron chi connectivity index (χ2n) is 8.06. The Morgan fingerprint density at radius 2 is 2.21 bits per heavy atom. The molecular formula is C24H27N3O. The Kier molecular flexibility index (Phi) is 4.96. The van der Waals surface area contributed by atoms with Crippen LogP contribution in [0.5, 0.6) is 0 Å². The number of allylic oxidation sites excluding steroid dienone is 2. The third-order valence-corrected chi connectivity index (χ3v) is 6.07. The zero-order valence-corrected chi connectivity index (χ0v) is 16.3. The lowest BCUT2D eigenvalue weighted by molar-refractivity contribution is 0.0595. The number of aliphatic imine (C=N–C) groups is 1. The molecule has 3 aliphatic rings. The minimum atomic E-state index is 0.581. The molecule has 1 saturated heterocycles. The normalized spacial score (nSPS) is 21.7. The molecule has 4 nitrogen and oxygen atoms in total. The first-order valence-corrected chi connectivity index (χ1v) is 10.5. The molecule has 2 aliphatic heterocycles. The van der Waals surface area contributed by atoms with Gasteiger partial charge >= 0.3 is 0 Å². The van der Waals surface area contributed by atoms with E-state index < -0.39 is 0 Å². The topological polar surface area (TPSA) is 46.5 Å². The van der Waals surface area contributed by atoms with Gasteiger partial charge in [-0.2, -0.15) is 0 Å². The molecule has 0 bridgehead atoms. The highest BCUT2D eigenvalue weighted by Crippen LogP contribution is 2.29. The van der Waals surface area contributed by atoms with E-state index in [-0.39, 0.29) is 0 Å². The summed E-state index contributed by atoms with van der Waals surface area (Å²) < 4.78 is 5.60. The van der Waals surface area contributed by atoms with E-state index in [2.05, 4.69) is 46.7 Å². The van der Waals surface area contributed by atoms with Gasteiger partial charge in [0.2, 0.25) is 0 Å². The smallest absolute Gasteiger partial charge is 0.133 e. The van der Waals surface area contributed by atoms with Crippen molar-refractivity contribution < 1.29 is 4.74 Å². The average Bonchev–Trinajstić information content (AvgIpc) is 3.16. The molecule has 0 saturated carbocycles. The molecule has 5 rings (SSSR count).